The van der Waals surface area contributed by atoms with Gasteiger partial charge in [-0.15, -0.1) is 0 Å². The lowest BCUT2D eigenvalue weighted by atomic mass is 10.2. The Labute approximate surface area is 115 Å². The average molecular weight is 289 g/mol. The summed E-state index contributed by atoms with van der Waals surface area (Å²) in [5.41, 5.74) is 0. The molecule has 1 spiro atoms. The molecule has 0 radical (unpaired) electrons. The SMILES string of the molecule is CC(C)(C)[Si](C)(C)OCN1C=CSC12COCO2. The largest absolute Gasteiger partial charge is 0.399 e. The van der Waals surface area contributed by atoms with Crippen LogP contribution >= 0.6 is 11.8 Å². The fraction of sp³-hybridized carbons (Fsp3) is 0.833. The van der Waals surface area contributed by atoms with Crippen LogP contribution in [0.1, 0.15) is 20.8 Å². The van der Waals surface area contributed by atoms with E-state index in [9.17, 15) is 0 Å². The zero-order valence-corrected chi connectivity index (χ0v) is 13.7. The van der Waals surface area contributed by atoms with Gasteiger partial charge in [0.25, 0.3) is 0 Å². The maximum atomic E-state index is 6.23. The molecule has 0 aliphatic carbocycles. The van der Waals surface area contributed by atoms with E-state index < -0.39 is 8.32 Å². The summed E-state index contributed by atoms with van der Waals surface area (Å²) in [7, 11) is -1.72. The molecule has 104 valence electrons. The first-order chi connectivity index (χ1) is 8.27. The molecule has 0 aromatic heterocycles. The third-order valence-corrected chi connectivity index (χ3v) is 9.51. The van der Waals surface area contributed by atoms with Gasteiger partial charge in [-0.3, -0.25) is 0 Å². The van der Waals surface area contributed by atoms with Gasteiger partial charge in [-0.25, -0.2) is 0 Å². The Morgan fingerprint density at radius 3 is 2.72 bits per heavy atom. The van der Waals surface area contributed by atoms with Gasteiger partial charge < -0.3 is 18.8 Å². The number of nitrogens with zero attached hydrogens (tertiary/aromatic N) is 1. The van der Waals surface area contributed by atoms with Gasteiger partial charge in [-0.1, -0.05) is 32.5 Å². The molecule has 0 N–H and O–H groups in total. The lowest BCUT2D eigenvalue weighted by Gasteiger charge is -2.40. The molecule has 0 aromatic rings. The van der Waals surface area contributed by atoms with Crippen LogP contribution in [0.5, 0.6) is 0 Å². The highest BCUT2D eigenvalue weighted by Crippen LogP contribution is 2.42. The average Bonchev–Trinajstić information content (AvgIpc) is 2.86. The number of rotatable bonds is 3. The normalized spacial score (nSPS) is 28.6. The molecular formula is C12H23NO3SSi. The fourth-order valence-electron chi connectivity index (χ4n) is 1.56. The van der Waals surface area contributed by atoms with Crippen molar-refractivity contribution in [3.05, 3.63) is 11.6 Å². The van der Waals surface area contributed by atoms with Gasteiger partial charge in [0.1, 0.15) is 13.3 Å². The lowest BCUT2D eigenvalue weighted by molar-refractivity contribution is -0.0510. The Hall–Kier alpha value is -0.0131. The van der Waals surface area contributed by atoms with Crippen molar-refractivity contribution >= 4 is 20.1 Å². The van der Waals surface area contributed by atoms with E-state index in [1.165, 1.54) is 0 Å². The first-order valence-electron chi connectivity index (χ1n) is 6.24. The molecule has 6 heteroatoms. The Morgan fingerprint density at radius 2 is 2.17 bits per heavy atom. The van der Waals surface area contributed by atoms with Gasteiger partial charge in [0.15, 0.2) is 15.1 Å². The molecule has 1 unspecified atom stereocenters. The molecule has 2 aliphatic heterocycles. The zero-order chi connectivity index (χ0) is 13.4. The van der Waals surface area contributed by atoms with Crippen LogP contribution in [0.15, 0.2) is 11.6 Å². The summed E-state index contributed by atoms with van der Waals surface area (Å²) in [6, 6.07) is 0. The molecule has 2 aliphatic rings. The van der Waals surface area contributed by atoms with Gasteiger partial charge in [0, 0.05) is 6.20 Å². The van der Waals surface area contributed by atoms with Crippen LogP contribution in [-0.4, -0.2) is 38.4 Å². The number of ether oxygens (including phenoxy) is 2. The highest BCUT2D eigenvalue weighted by Gasteiger charge is 2.45. The van der Waals surface area contributed by atoms with Crippen molar-refractivity contribution < 1.29 is 13.9 Å². The third-order valence-electron chi connectivity index (χ3n) is 3.95. The first kappa shape index (κ1) is 14.4. The second-order valence-corrected chi connectivity index (χ2v) is 12.2. The van der Waals surface area contributed by atoms with Crippen molar-refractivity contribution in [1.29, 1.82) is 0 Å². The van der Waals surface area contributed by atoms with Crippen LogP contribution in [0, 0.1) is 0 Å². The number of hydrogen-bond donors (Lipinski definition) is 0. The van der Waals surface area contributed by atoms with Crippen LogP contribution < -0.4 is 0 Å². The summed E-state index contributed by atoms with van der Waals surface area (Å²) in [6.07, 6.45) is 2.03. The summed E-state index contributed by atoms with van der Waals surface area (Å²) in [5.74, 6) is 0. The van der Waals surface area contributed by atoms with Crippen molar-refractivity contribution in [2.45, 2.75) is 44.0 Å². The molecule has 18 heavy (non-hydrogen) atoms. The Morgan fingerprint density at radius 1 is 1.44 bits per heavy atom. The minimum absolute atomic E-state index is 0.226. The summed E-state index contributed by atoms with van der Waals surface area (Å²) >= 11 is 1.65. The van der Waals surface area contributed by atoms with Crippen LogP contribution in [0.3, 0.4) is 0 Å². The zero-order valence-electron chi connectivity index (χ0n) is 11.9. The van der Waals surface area contributed by atoms with Crippen molar-refractivity contribution in [3.8, 4) is 0 Å². The monoisotopic (exact) mass is 289 g/mol. The predicted molar refractivity (Wildman–Crippen MR) is 76.4 cm³/mol. The van der Waals surface area contributed by atoms with Crippen LogP contribution in [0.2, 0.25) is 18.1 Å². The van der Waals surface area contributed by atoms with Crippen molar-refractivity contribution in [3.63, 3.8) is 0 Å². The summed E-state index contributed by atoms with van der Waals surface area (Å²) in [6.45, 7) is 12.8. The second kappa shape index (κ2) is 4.83. The molecule has 1 atom stereocenters. The Balaban J connectivity index is 1.96. The fourth-order valence-corrected chi connectivity index (χ4v) is 3.39. The van der Waals surface area contributed by atoms with Crippen molar-refractivity contribution in [2.75, 3.05) is 20.1 Å². The highest BCUT2D eigenvalue weighted by atomic mass is 32.2. The first-order valence-corrected chi connectivity index (χ1v) is 10.0. The molecule has 4 nitrogen and oxygen atoms in total. The van der Waals surface area contributed by atoms with Crippen molar-refractivity contribution in [1.82, 2.24) is 4.90 Å². The molecule has 0 amide bonds. The molecule has 0 bridgehead atoms. The third kappa shape index (κ3) is 2.62. The van der Waals surface area contributed by atoms with Crippen molar-refractivity contribution in [2.24, 2.45) is 0 Å². The maximum absolute atomic E-state index is 6.23. The molecule has 0 saturated carbocycles. The number of hydrogen-bond acceptors (Lipinski definition) is 5. The molecule has 2 rings (SSSR count). The van der Waals surface area contributed by atoms with E-state index in [1.54, 1.807) is 11.8 Å². The van der Waals surface area contributed by atoms with Gasteiger partial charge in [-0.05, 0) is 23.5 Å². The molecule has 1 saturated heterocycles. The summed E-state index contributed by atoms with van der Waals surface area (Å²) in [5, 5.41) is 1.88. The molecular weight excluding hydrogens is 266 g/mol. The molecule has 0 aromatic carbocycles. The minimum Gasteiger partial charge on any atom is -0.399 e. The summed E-state index contributed by atoms with van der Waals surface area (Å²) in [4.78, 5) is 2.10. The Kier molecular flexibility index (Phi) is 3.86. The van der Waals surface area contributed by atoms with Crippen LogP contribution in [-0.2, 0) is 13.9 Å². The van der Waals surface area contributed by atoms with E-state index in [1.807, 2.05) is 11.6 Å². The van der Waals surface area contributed by atoms with E-state index in [4.69, 9.17) is 13.9 Å². The highest BCUT2D eigenvalue weighted by molar-refractivity contribution is 8.03. The predicted octanol–water partition coefficient (Wildman–Crippen LogP) is 3.14. The minimum atomic E-state index is -1.72. The van der Waals surface area contributed by atoms with Crippen LogP contribution in [0.4, 0.5) is 0 Å². The quantitative estimate of drug-likeness (QED) is 0.745. The standard InChI is InChI=1S/C12H23NO3SSi/c1-11(2,3)18(4,5)16-9-13-6-7-17-12(13)8-14-10-15-12/h6-7H,8-10H2,1-5H3. The summed E-state index contributed by atoms with van der Waals surface area (Å²) < 4.78 is 17.3. The van der Waals surface area contributed by atoms with Gasteiger partial charge >= 0.3 is 0 Å². The topological polar surface area (TPSA) is 30.9 Å². The maximum Gasteiger partial charge on any atom is 0.221 e. The van der Waals surface area contributed by atoms with E-state index in [0.29, 0.717) is 20.1 Å². The van der Waals surface area contributed by atoms with E-state index >= 15 is 0 Å². The van der Waals surface area contributed by atoms with E-state index in [-0.39, 0.29) is 10.1 Å². The smallest absolute Gasteiger partial charge is 0.221 e. The van der Waals surface area contributed by atoms with E-state index in [0.717, 1.165) is 0 Å². The second-order valence-electron chi connectivity index (χ2n) is 6.23. The van der Waals surface area contributed by atoms with Crippen LogP contribution in [0.25, 0.3) is 0 Å². The van der Waals surface area contributed by atoms with Gasteiger partial charge in [0.2, 0.25) is 5.06 Å². The lowest BCUT2D eigenvalue weighted by Crippen LogP contribution is -2.48. The Bertz CT molecular complexity index is 335. The van der Waals surface area contributed by atoms with E-state index in [2.05, 4.69) is 38.8 Å². The molecule has 2 heterocycles. The van der Waals surface area contributed by atoms with Gasteiger partial charge in [0.05, 0.1) is 0 Å². The molecule has 1 fully saturated rings. The number of thioether (sulfide) groups is 1. The van der Waals surface area contributed by atoms with Gasteiger partial charge in [-0.2, -0.15) is 0 Å².